The molecule has 56 heavy (non-hydrogen) atoms. The third kappa shape index (κ3) is 7.97. The van der Waals surface area contributed by atoms with Crippen LogP contribution in [0, 0.1) is 11.8 Å². The van der Waals surface area contributed by atoms with Gasteiger partial charge >= 0.3 is 6.09 Å². The monoisotopic (exact) mass is 790 g/mol. The van der Waals surface area contributed by atoms with Crippen LogP contribution in [0.4, 0.5) is 4.79 Å². The van der Waals surface area contributed by atoms with E-state index in [1.165, 1.54) is 4.90 Å². The molecule has 3 bridgehead atoms. The lowest BCUT2D eigenvalue weighted by Gasteiger charge is -2.30. The van der Waals surface area contributed by atoms with Crippen LogP contribution < -0.4 is 20.1 Å². The molecule has 15 heteroatoms. The zero-order valence-corrected chi connectivity index (χ0v) is 33.0. The van der Waals surface area contributed by atoms with Crippen molar-refractivity contribution < 1.29 is 37.1 Å². The first kappa shape index (κ1) is 38.6. The topological polar surface area (TPSA) is 186 Å². The number of benzene rings is 1. The van der Waals surface area contributed by atoms with Crippen LogP contribution in [-0.4, -0.2) is 88.2 Å². The van der Waals surface area contributed by atoms with Crippen molar-refractivity contribution in [2.75, 3.05) is 6.54 Å². The fourth-order valence-electron chi connectivity index (χ4n) is 9.06. The Morgan fingerprint density at radius 1 is 0.929 bits per heavy atom. The molecule has 6 aliphatic rings. The average molecular weight is 791 g/mol. The fourth-order valence-corrected chi connectivity index (χ4v) is 10.4. The summed E-state index contributed by atoms with van der Waals surface area (Å²) < 4.78 is 40.3. The minimum atomic E-state index is -3.98. The van der Waals surface area contributed by atoms with Crippen molar-refractivity contribution in [1.82, 2.24) is 30.2 Å². The molecule has 4 amide bonds. The Hall–Kier alpha value is -4.27. The second kappa shape index (κ2) is 15.6. The minimum Gasteiger partial charge on any atom is -0.471 e. The molecule has 3 N–H and O–H groups in total. The summed E-state index contributed by atoms with van der Waals surface area (Å²) in [5.74, 6) is -1.61. The second-order valence-electron chi connectivity index (χ2n) is 17.1. The summed E-state index contributed by atoms with van der Waals surface area (Å²) in [6.45, 7) is 1.63. The number of carbonyl (C=O) groups excluding carboxylic acids is 4. The van der Waals surface area contributed by atoms with Crippen LogP contribution in [-0.2, 0) is 35.6 Å². The highest BCUT2D eigenvalue weighted by atomic mass is 32.2. The first-order valence-corrected chi connectivity index (χ1v) is 22.2. The molecule has 302 valence electrons. The van der Waals surface area contributed by atoms with Gasteiger partial charge in [0.15, 0.2) is 0 Å². The van der Waals surface area contributed by atoms with E-state index >= 15 is 0 Å². The molecule has 0 spiro atoms. The van der Waals surface area contributed by atoms with E-state index in [-0.39, 0.29) is 31.4 Å². The van der Waals surface area contributed by atoms with Gasteiger partial charge in [0.1, 0.15) is 35.5 Å². The van der Waals surface area contributed by atoms with E-state index in [0.717, 1.165) is 63.3 Å². The normalized spacial score (nSPS) is 33.0. The lowest BCUT2D eigenvalue weighted by atomic mass is 9.97. The van der Waals surface area contributed by atoms with Gasteiger partial charge in [0.05, 0.1) is 22.3 Å². The summed E-state index contributed by atoms with van der Waals surface area (Å²) in [6.07, 6.45) is 14.0. The van der Waals surface area contributed by atoms with Crippen molar-refractivity contribution in [1.29, 1.82) is 0 Å². The maximum atomic E-state index is 14.7. The summed E-state index contributed by atoms with van der Waals surface area (Å²) in [5.41, 5.74) is 0.638. The Balaban J connectivity index is 1.13. The van der Waals surface area contributed by atoms with Crippen molar-refractivity contribution in [3.63, 3.8) is 0 Å². The number of hydrogen-bond acceptors (Lipinski definition) is 10. The number of rotatable bonds is 3. The van der Waals surface area contributed by atoms with Crippen LogP contribution in [0.1, 0.15) is 115 Å². The second-order valence-corrected chi connectivity index (χ2v) is 19.3. The quantitative estimate of drug-likeness (QED) is 0.367. The van der Waals surface area contributed by atoms with Crippen molar-refractivity contribution >= 4 is 44.9 Å². The number of alkyl carbamates (subject to hydrolysis) is 1. The highest BCUT2D eigenvalue weighted by Crippen LogP contribution is 2.47. The third-order valence-electron chi connectivity index (χ3n) is 13.0. The van der Waals surface area contributed by atoms with E-state index in [0.29, 0.717) is 55.6 Å². The SMILES string of the molecule is CC1(S(=O)(=O)NC(=O)[C@]23C[C@@H]2/C=C\CCCCC[C@@H]2NC(=O)O[C@@H]4CCC[C@H]4CCCCCc4nc5ccccc5nc4O[C@@H]4C[C@@H](C(=O)N3)N(C4)C2=O)CC1. The van der Waals surface area contributed by atoms with Gasteiger partial charge in [0.2, 0.25) is 27.7 Å². The van der Waals surface area contributed by atoms with Gasteiger partial charge in [-0.3, -0.25) is 19.1 Å². The van der Waals surface area contributed by atoms with Crippen LogP contribution in [0.25, 0.3) is 11.0 Å². The maximum Gasteiger partial charge on any atom is 0.408 e. The third-order valence-corrected chi connectivity index (χ3v) is 15.1. The molecule has 2 aromatic rings. The van der Waals surface area contributed by atoms with Crippen LogP contribution in [0.5, 0.6) is 5.88 Å². The summed E-state index contributed by atoms with van der Waals surface area (Å²) in [4.78, 5) is 67.9. The number of ether oxygens (including phenoxy) is 2. The van der Waals surface area contributed by atoms with Gasteiger partial charge in [-0.15, -0.1) is 0 Å². The molecule has 7 atom stereocenters. The van der Waals surface area contributed by atoms with Crippen molar-refractivity contribution in [3.8, 4) is 5.88 Å². The summed E-state index contributed by atoms with van der Waals surface area (Å²) in [6, 6.07) is 5.56. The van der Waals surface area contributed by atoms with Crippen LogP contribution in [0.15, 0.2) is 36.4 Å². The molecular formula is C41H54N6O8S. The Morgan fingerprint density at radius 2 is 1.68 bits per heavy atom. The Bertz CT molecular complexity index is 2000. The summed E-state index contributed by atoms with van der Waals surface area (Å²) >= 11 is 0. The molecule has 0 radical (unpaired) electrons. The van der Waals surface area contributed by atoms with Crippen molar-refractivity contribution in [2.45, 2.75) is 151 Å². The number of hydrogen-bond donors (Lipinski definition) is 3. The first-order valence-electron chi connectivity index (χ1n) is 20.7. The van der Waals surface area contributed by atoms with Gasteiger partial charge in [0, 0.05) is 12.3 Å². The smallest absolute Gasteiger partial charge is 0.408 e. The minimum absolute atomic E-state index is 0.0258. The Kier molecular flexibility index (Phi) is 10.7. The molecule has 8 rings (SSSR count). The number of sulfonamides is 1. The molecule has 4 fully saturated rings. The van der Waals surface area contributed by atoms with Crippen LogP contribution >= 0.6 is 0 Å². The molecule has 14 nitrogen and oxygen atoms in total. The molecule has 3 saturated carbocycles. The van der Waals surface area contributed by atoms with E-state index in [4.69, 9.17) is 19.4 Å². The Morgan fingerprint density at radius 3 is 2.48 bits per heavy atom. The molecule has 1 saturated heterocycles. The van der Waals surface area contributed by atoms with Crippen LogP contribution in [0.3, 0.4) is 0 Å². The zero-order chi connectivity index (χ0) is 39.1. The average Bonchev–Trinajstić information content (AvgIpc) is 3.97. The summed E-state index contributed by atoms with van der Waals surface area (Å²) in [5, 5.41) is 5.82. The van der Waals surface area contributed by atoms with Gasteiger partial charge in [-0.25, -0.2) is 23.2 Å². The summed E-state index contributed by atoms with van der Waals surface area (Å²) in [7, 11) is -3.98. The van der Waals surface area contributed by atoms with Gasteiger partial charge in [-0.1, -0.05) is 50.0 Å². The molecule has 1 aromatic heterocycles. The number of aromatic nitrogens is 2. The number of para-hydroxylation sites is 2. The van der Waals surface area contributed by atoms with E-state index in [1.54, 1.807) is 6.92 Å². The lowest BCUT2D eigenvalue weighted by Crippen LogP contribution is -2.58. The standard InChI is InChI=1S/C41H54N6O8S/c1-40(21-22-40)56(52,53)46-38(50)41-24-27(41)15-7-3-2-4-8-19-32-37(49)47-25-28(23-33(47)35(48)45-41)54-36-31(42-29-16-10-11-17-30(29)43-36)18-9-5-6-13-26-14-12-20-34(26)55-39(51)44-32/h7,10-11,15-17,26-28,32-34H,2-6,8-9,12-14,18-25H2,1H3,(H,44,51)(H,45,48)(H,46,50)/b15-7-/t26-,27+,28-,32+,33+,34-,41+/m1/s1. The lowest BCUT2D eigenvalue weighted by molar-refractivity contribution is -0.141. The van der Waals surface area contributed by atoms with E-state index in [2.05, 4.69) is 15.4 Å². The predicted molar refractivity (Wildman–Crippen MR) is 207 cm³/mol. The number of amides is 4. The molecule has 3 aliphatic heterocycles. The Labute approximate surface area is 328 Å². The maximum absolute atomic E-state index is 14.7. The molecule has 3 aliphatic carbocycles. The van der Waals surface area contributed by atoms with Gasteiger partial charge < -0.3 is 25.0 Å². The van der Waals surface area contributed by atoms with Gasteiger partial charge in [-0.2, -0.15) is 0 Å². The zero-order valence-electron chi connectivity index (χ0n) is 32.2. The largest absolute Gasteiger partial charge is 0.471 e. The highest BCUT2D eigenvalue weighted by molar-refractivity contribution is 7.91. The van der Waals surface area contributed by atoms with Crippen molar-refractivity contribution in [3.05, 3.63) is 42.1 Å². The molecule has 1 aromatic carbocycles. The van der Waals surface area contributed by atoms with E-state index in [9.17, 15) is 27.6 Å². The molecule has 4 heterocycles. The van der Waals surface area contributed by atoms with Crippen LogP contribution in [0.2, 0.25) is 0 Å². The highest BCUT2D eigenvalue weighted by Gasteiger charge is 2.63. The fraction of sp³-hybridized carbons (Fsp3) is 0.659. The predicted octanol–water partition coefficient (Wildman–Crippen LogP) is 4.75. The number of nitrogens with one attached hydrogen (secondary N) is 3. The number of nitrogens with zero attached hydrogens (tertiary/aromatic N) is 3. The first-order chi connectivity index (χ1) is 26.9. The molecular weight excluding hydrogens is 737 g/mol. The molecule has 0 unspecified atom stereocenters. The van der Waals surface area contributed by atoms with E-state index in [1.807, 2.05) is 36.4 Å². The number of fused-ring (bicyclic) bond motifs is 6. The van der Waals surface area contributed by atoms with Gasteiger partial charge in [0.25, 0.3) is 5.91 Å². The number of allylic oxidation sites excluding steroid dienone is 1. The number of aryl methyl sites for hydroxylation is 1. The number of carbonyl (C=O) groups is 4. The van der Waals surface area contributed by atoms with Gasteiger partial charge in [-0.05, 0) is 102 Å². The van der Waals surface area contributed by atoms with Crippen molar-refractivity contribution in [2.24, 2.45) is 11.8 Å². The van der Waals surface area contributed by atoms with E-state index < -0.39 is 68.2 Å².